The predicted octanol–water partition coefficient (Wildman–Crippen LogP) is 0.788. The summed E-state index contributed by atoms with van der Waals surface area (Å²) < 4.78 is 0. The minimum Gasteiger partial charge on any atom is -0.508 e. The maximum absolute atomic E-state index is 9.55. The molecule has 0 fully saturated rings. The van der Waals surface area contributed by atoms with Crippen molar-refractivity contribution in [3.63, 3.8) is 0 Å². The summed E-state index contributed by atoms with van der Waals surface area (Å²) >= 11 is 0. The van der Waals surface area contributed by atoms with Gasteiger partial charge in [0, 0.05) is 24.3 Å². The third kappa shape index (κ3) is 2.16. The Morgan fingerprint density at radius 3 is 2.50 bits per heavy atom. The fourth-order valence-corrected chi connectivity index (χ4v) is 1.53. The molecular formula is C10H15NO3. The van der Waals surface area contributed by atoms with E-state index >= 15 is 0 Å². The van der Waals surface area contributed by atoms with Crippen LogP contribution in [0.4, 0.5) is 0 Å². The van der Waals surface area contributed by atoms with E-state index < -0.39 is 6.04 Å². The Balaban J connectivity index is 3.07. The number of benzene rings is 1. The van der Waals surface area contributed by atoms with Gasteiger partial charge in [-0.3, -0.25) is 0 Å². The van der Waals surface area contributed by atoms with Gasteiger partial charge in [-0.15, -0.1) is 0 Å². The molecule has 0 aliphatic rings. The van der Waals surface area contributed by atoms with Gasteiger partial charge in [0.05, 0.1) is 0 Å². The SMILES string of the molecule is Cc1cc(O)cc(O)c1[C@H](N)CCO. The first-order valence-corrected chi connectivity index (χ1v) is 4.45. The lowest BCUT2D eigenvalue weighted by Gasteiger charge is -2.15. The molecule has 1 rings (SSSR count). The Morgan fingerprint density at radius 2 is 2.00 bits per heavy atom. The molecule has 78 valence electrons. The fourth-order valence-electron chi connectivity index (χ4n) is 1.53. The molecular weight excluding hydrogens is 182 g/mol. The monoisotopic (exact) mass is 197 g/mol. The molecule has 5 N–H and O–H groups in total. The summed E-state index contributed by atoms with van der Waals surface area (Å²) in [6.45, 7) is 1.73. The maximum Gasteiger partial charge on any atom is 0.124 e. The Morgan fingerprint density at radius 1 is 1.36 bits per heavy atom. The maximum atomic E-state index is 9.55. The van der Waals surface area contributed by atoms with Crippen LogP contribution >= 0.6 is 0 Å². The fraction of sp³-hybridized carbons (Fsp3) is 0.400. The lowest BCUT2D eigenvalue weighted by Crippen LogP contribution is -2.13. The van der Waals surface area contributed by atoms with E-state index in [1.165, 1.54) is 12.1 Å². The highest BCUT2D eigenvalue weighted by molar-refractivity contribution is 5.46. The zero-order valence-electron chi connectivity index (χ0n) is 8.07. The van der Waals surface area contributed by atoms with Crippen molar-refractivity contribution in [1.29, 1.82) is 0 Å². The number of aromatic hydroxyl groups is 2. The zero-order chi connectivity index (χ0) is 10.7. The summed E-state index contributed by atoms with van der Waals surface area (Å²) in [5.41, 5.74) is 7.06. The van der Waals surface area contributed by atoms with Gasteiger partial charge in [-0.2, -0.15) is 0 Å². The topological polar surface area (TPSA) is 86.7 Å². The van der Waals surface area contributed by atoms with Crippen LogP contribution in [-0.4, -0.2) is 21.9 Å². The third-order valence-electron chi connectivity index (χ3n) is 2.16. The highest BCUT2D eigenvalue weighted by atomic mass is 16.3. The van der Waals surface area contributed by atoms with Crippen LogP contribution in [0, 0.1) is 6.92 Å². The molecule has 0 amide bonds. The molecule has 4 heteroatoms. The number of hydrogen-bond acceptors (Lipinski definition) is 4. The number of rotatable bonds is 3. The van der Waals surface area contributed by atoms with Crippen molar-refractivity contribution < 1.29 is 15.3 Å². The molecule has 4 nitrogen and oxygen atoms in total. The van der Waals surface area contributed by atoms with Crippen molar-refractivity contribution in [3.05, 3.63) is 23.3 Å². The van der Waals surface area contributed by atoms with Gasteiger partial charge in [0.2, 0.25) is 0 Å². The van der Waals surface area contributed by atoms with Crippen molar-refractivity contribution >= 4 is 0 Å². The van der Waals surface area contributed by atoms with Crippen molar-refractivity contribution in [2.24, 2.45) is 5.73 Å². The number of phenolic OH excluding ortho intramolecular Hbond substituents is 2. The summed E-state index contributed by atoms with van der Waals surface area (Å²) in [4.78, 5) is 0. The molecule has 14 heavy (non-hydrogen) atoms. The van der Waals surface area contributed by atoms with Gasteiger partial charge in [-0.1, -0.05) is 0 Å². The van der Waals surface area contributed by atoms with E-state index in [0.29, 0.717) is 12.0 Å². The van der Waals surface area contributed by atoms with Crippen LogP contribution in [-0.2, 0) is 0 Å². The van der Waals surface area contributed by atoms with Gasteiger partial charge in [-0.05, 0) is 25.0 Å². The van der Waals surface area contributed by atoms with E-state index in [9.17, 15) is 10.2 Å². The lowest BCUT2D eigenvalue weighted by atomic mass is 9.98. The predicted molar refractivity (Wildman–Crippen MR) is 53.1 cm³/mol. The van der Waals surface area contributed by atoms with Crippen molar-refractivity contribution in [2.75, 3.05) is 6.61 Å². The van der Waals surface area contributed by atoms with E-state index in [0.717, 1.165) is 5.56 Å². The van der Waals surface area contributed by atoms with Gasteiger partial charge < -0.3 is 21.1 Å². The first kappa shape index (κ1) is 10.8. The Bertz CT molecular complexity index is 302. The van der Waals surface area contributed by atoms with Gasteiger partial charge in [0.25, 0.3) is 0 Å². The number of aryl methyl sites for hydroxylation is 1. The van der Waals surface area contributed by atoms with Crippen molar-refractivity contribution in [1.82, 2.24) is 0 Å². The standard InChI is InChI=1S/C10H15NO3/c1-6-4-7(13)5-9(14)10(6)8(11)2-3-12/h4-5,8,12-14H,2-3,11H2,1H3/t8-/m1/s1. The van der Waals surface area contributed by atoms with Crippen molar-refractivity contribution in [2.45, 2.75) is 19.4 Å². The van der Waals surface area contributed by atoms with Crippen LogP contribution in [0.15, 0.2) is 12.1 Å². The van der Waals surface area contributed by atoms with Gasteiger partial charge in [0.15, 0.2) is 0 Å². The largest absolute Gasteiger partial charge is 0.508 e. The van der Waals surface area contributed by atoms with E-state index in [1.807, 2.05) is 0 Å². The van der Waals surface area contributed by atoms with E-state index in [1.54, 1.807) is 6.92 Å². The minimum absolute atomic E-state index is 0.0138. The molecule has 1 aromatic carbocycles. The Labute approximate surface area is 82.6 Å². The molecule has 0 spiro atoms. The Hall–Kier alpha value is -1.26. The number of nitrogens with two attached hydrogens (primary N) is 1. The molecule has 0 unspecified atom stereocenters. The van der Waals surface area contributed by atoms with Crippen LogP contribution in [0.5, 0.6) is 11.5 Å². The first-order chi connectivity index (χ1) is 6.56. The highest BCUT2D eigenvalue weighted by Crippen LogP contribution is 2.31. The number of aliphatic hydroxyl groups excluding tert-OH is 1. The summed E-state index contributed by atoms with van der Waals surface area (Å²) in [6.07, 6.45) is 0.388. The summed E-state index contributed by atoms with van der Waals surface area (Å²) in [5, 5.41) is 27.5. The summed E-state index contributed by atoms with van der Waals surface area (Å²) in [6, 6.07) is 2.38. The molecule has 1 atom stereocenters. The number of phenols is 2. The van der Waals surface area contributed by atoms with E-state index in [2.05, 4.69) is 0 Å². The van der Waals surface area contributed by atoms with E-state index in [-0.39, 0.29) is 18.1 Å². The van der Waals surface area contributed by atoms with Crippen LogP contribution in [0.1, 0.15) is 23.6 Å². The Kier molecular flexibility index (Phi) is 3.33. The second-order valence-corrected chi connectivity index (χ2v) is 3.31. The molecule has 0 saturated carbocycles. The highest BCUT2D eigenvalue weighted by Gasteiger charge is 2.14. The summed E-state index contributed by atoms with van der Waals surface area (Å²) in [5.74, 6) is -0.0107. The third-order valence-corrected chi connectivity index (χ3v) is 2.16. The van der Waals surface area contributed by atoms with Crippen LogP contribution in [0.2, 0.25) is 0 Å². The van der Waals surface area contributed by atoms with Crippen LogP contribution < -0.4 is 5.73 Å². The number of hydrogen-bond donors (Lipinski definition) is 4. The van der Waals surface area contributed by atoms with Crippen LogP contribution in [0.3, 0.4) is 0 Å². The minimum atomic E-state index is -0.402. The molecule has 0 saturated heterocycles. The quantitative estimate of drug-likeness (QED) is 0.577. The second-order valence-electron chi connectivity index (χ2n) is 3.31. The molecule has 1 aromatic rings. The van der Waals surface area contributed by atoms with E-state index in [4.69, 9.17) is 10.8 Å². The van der Waals surface area contributed by atoms with Gasteiger partial charge >= 0.3 is 0 Å². The van der Waals surface area contributed by atoms with Gasteiger partial charge in [0.1, 0.15) is 11.5 Å². The number of aliphatic hydroxyl groups is 1. The molecule has 0 bridgehead atoms. The smallest absolute Gasteiger partial charge is 0.124 e. The zero-order valence-corrected chi connectivity index (χ0v) is 8.07. The summed E-state index contributed by atoms with van der Waals surface area (Å²) in [7, 11) is 0. The molecule has 0 aromatic heterocycles. The van der Waals surface area contributed by atoms with Gasteiger partial charge in [-0.25, -0.2) is 0 Å². The lowest BCUT2D eigenvalue weighted by molar-refractivity contribution is 0.275. The average molecular weight is 197 g/mol. The van der Waals surface area contributed by atoms with Crippen molar-refractivity contribution in [3.8, 4) is 11.5 Å². The molecule has 0 aliphatic carbocycles. The average Bonchev–Trinajstić information content (AvgIpc) is 2.01. The second kappa shape index (κ2) is 4.30. The van der Waals surface area contributed by atoms with Crippen LogP contribution in [0.25, 0.3) is 0 Å². The first-order valence-electron chi connectivity index (χ1n) is 4.45. The molecule has 0 heterocycles. The normalized spacial score (nSPS) is 12.8. The molecule has 0 aliphatic heterocycles. The molecule has 0 radical (unpaired) electrons.